The predicted molar refractivity (Wildman–Crippen MR) is 65.9 cm³/mol. The van der Waals surface area contributed by atoms with Crippen LogP contribution in [0.2, 0.25) is 0 Å². The Labute approximate surface area is 103 Å². The van der Waals surface area contributed by atoms with Gasteiger partial charge < -0.3 is 9.88 Å². The van der Waals surface area contributed by atoms with Crippen LogP contribution in [0, 0.1) is 6.92 Å². The largest absolute Gasteiger partial charge is 0.344 e. The third-order valence-corrected chi connectivity index (χ3v) is 3.53. The molecule has 2 aromatic rings. The summed E-state index contributed by atoms with van der Waals surface area (Å²) in [5.74, 6) is 0.721. The van der Waals surface area contributed by atoms with E-state index in [0.29, 0.717) is 6.54 Å². The van der Waals surface area contributed by atoms with Crippen molar-refractivity contribution < 1.29 is 4.79 Å². The molecule has 17 heavy (non-hydrogen) atoms. The first-order chi connectivity index (χ1) is 8.22. The van der Waals surface area contributed by atoms with Crippen LogP contribution in [-0.4, -0.2) is 20.7 Å². The summed E-state index contributed by atoms with van der Waals surface area (Å²) in [6.07, 6.45) is 1.66. The Balaban J connectivity index is 1.99. The fourth-order valence-corrected chi connectivity index (χ4v) is 2.37. The lowest BCUT2D eigenvalue weighted by Gasteiger charge is -2.05. The molecule has 0 aromatic carbocycles. The van der Waals surface area contributed by atoms with Crippen molar-refractivity contribution in [3.63, 3.8) is 0 Å². The van der Waals surface area contributed by atoms with E-state index in [-0.39, 0.29) is 5.91 Å². The lowest BCUT2D eigenvalue weighted by molar-refractivity contribution is 0.0953. The van der Waals surface area contributed by atoms with Crippen LogP contribution in [0.3, 0.4) is 0 Å². The van der Waals surface area contributed by atoms with Gasteiger partial charge in [0, 0.05) is 6.54 Å². The van der Waals surface area contributed by atoms with Gasteiger partial charge >= 0.3 is 0 Å². The average Bonchev–Trinajstić information content (AvgIpc) is 2.94. The molecule has 2 aromatic heterocycles. The van der Waals surface area contributed by atoms with E-state index in [1.807, 2.05) is 29.9 Å². The van der Waals surface area contributed by atoms with Gasteiger partial charge in [-0.3, -0.25) is 4.79 Å². The molecule has 0 bridgehead atoms. The summed E-state index contributed by atoms with van der Waals surface area (Å²) in [6.45, 7) is 5.15. The Morgan fingerprint density at radius 2 is 2.41 bits per heavy atom. The van der Waals surface area contributed by atoms with Crippen LogP contribution >= 0.6 is 11.3 Å². The highest BCUT2D eigenvalue weighted by atomic mass is 32.1. The summed E-state index contributed by atoms with van der Waals surface area (Å²) in [6, 6.07) is 1.94. The number of thiophene rings is 1. The van der Waals surface area contributed by atoms with E-state index < -0.39 is 0 Å². The molecule has 0 radical (unpaired) electrons. The molecule has 5 nitrogen and oxygen atoms in total. The number of rotatable bonds is 4. The number of nitrogens with one attached hydrogen (secondary N) is 1. The van der Waals surface area contributed by atoms with Crippen LogP contribution in [-0.2, 0) is 13.1 Å². The molecule has 2 rings (SSSR count). The summed E-state index contributed by atoms with van der Waals surface area (Å²) >= 11 is 1.45. The van der Waals surface area contributed by atoms with E-state index >= 15 is 0 Å². The number of carbonyl (C=O) groups is 1. The molecule has 0 spiro atoms. The third kappa shape index (κ3) is 2.52. The Bertz CT molecular complexity index is 517. The number of amides is 1. The van der Waals surface area contributed by atoms with Crippen molar-refractivity contribution >= 4 is 17.2 Å². The van der Waals surface area contributed by atoms with Crippen LogP contribution in [0.25, 0.3) is 0 Å². The zero-order valence-electron chi connectivity index (χ0n) is 9.80. The van der Waals surface area contributed by atoms with E-state index in [4.69, 9.17) is 0 Å². The van der Waals surface area contributed by atoms with Crippen LogP contribution in [0.1, 0.15) is 28.0 Å². The zero-order chi connectivity index (χ0) is 12.3. The highest BCUT2D eigenvalue weighted by Crippen LogP contribution is 2.15. The fourth-order valence-electron chi connectivity index (χ4n) is 1.52. The summed E-state index contributed by atoms with van der Waals surface area (Å²) < 4.78 is 1.90. The van der Waals surface area contributed by atoms with Crippen LogP contribution in [0.15, 0.2) is 17.8 Å². The first-order valence-corrected chi connectivity index (χ1v) is 6.29. The normalized spacial score (nSPS) is 10.5. The van der Waals surface area contributed by atoms with E-state index in [0.717, 1.165) is 22.8 Å². The second-order valence-electron chi connectivity index (χ2n) is 3.65. The summed E-state index contributed by atoms with van der Waals surface area (Å²) in [5.41, 5.74) is 1.00. The first kappa shape index (κ1) is 11.8. The van der Waals surface area contributed by atoms with Crippen molar-refractivity contribution in [1.82, 2.24) is 20.1 Å². The average molecular weight is 250 g/mol. The van der Waals surface area contributed by atoms with Gasteiger partial charge in [-0.15, -0.1) is 21.5 Å². The second-order valence-corrected chi connectivity index (χ2v) is 4.56. The zero-order valence-corrected chi connectivity index (χ0v) is 10.6. The van der Waals surface area contributed by atoms with Gasteiger partial charge in [-0.1, -0.05) is 0 Å². The van der Waals surface area contributed by atoms with Crippen molar-refractivity contribution in [2.45, 2.75) is 26.9 Å². The first-order valence-electron chi connectivity index (χ1n) is 5.41. The highest BCUT2D eigenvalue weighted by molar-refractivity contribution is 7.12. The predicted octanol–water partition coefficient (Wildman–Crippen LogP) is 1.60. The molecule has 1 amide bonds. The number of aryl methyl sites for hydroxylation is 2. The van der Waals surface area contributed by atoms with Crippen molar-refractivity contribution in [3.05, 3.63) is 34.0 Å². The Morgan fingerprint density at radius 1 is 1.59 bits per heavy atom. The molecule has 0 unspecified atom stereocenters. The molecule has 0 aliphatic heterocycles. The molecular weight excluding hydrogens is 236 g/mol. The SMILES string of the molecule is CCn1cnnc1CNC(=O)c1sccc1C. The van der Waals surface area contributed by atoms with Crippen molar-refractivity contribution in [2.24, 2.45) is 0 Å². The molecule has 1 N–H and O–H groups in total. The second kappa shape index (κ2) is 5.09. The van der Waals surface area contributed by atoms with Crippen molar-refractivity contribution in [1.29, 1.82) is 0 Å². The molecule has 0 fully saturated rings. The van der Waals surface area contributed by atoms with Crippen molar-refractivity contribution in [3.8, 4) is 0 Å². The van der Waals surface area contributed by atoms with Gasteiger partial charge in [-0.05, 0) is 30.9 Å². The summed E-state index contributed by atoms with van der Waals surface area (Å²) in [4.78, 5) is 12.6. The molecule has 0 atom stereocenters. The smallest absolute Gasteiger partial charge is 0.261 e. The molecule has 90 valence electrons. The molecule has 2 heterocycles. The Hall–Kier alpha value is -1.69. The van der Waals surface area contributed by atoms with Gasteiger partial charge in [0.2, 0.25) is 0 Å². The van der Waals surface area contributed by atoms with Crippen LogP contribution in [0.5, 0.6) is 0 Å². The lowest BCUT2D eigenvalue weighted by Crippen LogP contribution is -2.24. The minimum Gasteiger partial charge on any atom is -0.344 e. The van der Waals surface area contributed by atoms with E-state index in [9.17, 15) is 4.79 Å². The minimum atomic E-state index is -0.0526. The molecule has 0 saturated carbocycles. The Kier molecular flexibility index (Phi) is 3.53. The van der Waals surface area contributed by atoms with E-state index in [1.165, 1.54) is 11.3 Å². The summed E-state index contributed by atoms with van der Waals surface area (Å²) in [7, 11) is 0. The lowest BCUT2D eigenvalue weighted by atomic mass is 10.3. The summed E-state index contributed by atoms with van der Waals surface area (Å²) in [5, 5.41) is 12.5. The minimum absolute atomic E-state index is 0.0526. The monoisotopic (exact) mass is 250 g/mol. The number of hydrogen-bond acceptors (Lipinski definition) is 4. The molecule has 0 saturated heterocycles. The van der Waals surface area contributed by atoms with Gasteiger partial charge in [0.1, 0.15) is 6.33 Å². The maximum Gasteiger partial charge on any atom is 0.261 e. The van der Waals surface area contributed by atoms with E-state index in [2.05, 4.69) is 15.5 Å². The van der Waals surface area contributed by atoms with Gasteiger partial charge in [-0.25, -0.2) is 0 Å². The molecule has 0 aliphatic carbocycles. The van der Waals surface area contributed by atoms with Crippen LogP contribution in [0.4, 0.5) is 0 Å². The number of carbonyl (C=O) groups excluding carboxylic acids is 1. The Morgan fingerprint density at radius 3 is 3.06 bits per heavy atom. The maximum atomic E-state index is 11.9. The van der Waals surface area contributed by atoms with Gasteiger partial charge in [-0.2, -0.15) is 0 Å². The van der Waals surface area contributed by atoms with Gasteiger partial charge in [0.15, 0.2) is 5.82 Å². The van der Waals surface area contributed by atoms with Gasteiger partial charge in [0.25, 0.3) is 5.91 Å². The number of aromatic nitrogens is 3. The highest BCUT2D eigenvalue weighted by Gasteiger charge is 2.11. The quantitative estimate of drug-likeness (QED) is 0.896. The number of hydrogen-bond donors (Lipinski definition) is 1. The maximum absolute atomic E-state index is 11.9. The third-order valence-electron chi connectivity index (χ3n) is 2.51. The fraction of sp³-hybridized carbons (Fsp3) is 0.364. The van der Waals surface area contributed by atoms with Crippen molar-refractivity contribution in [2.75, 3.05) is 0 Å². The van der Waals surface area contributed by atoms with Gasteiger partial charge in [0.05, 0.1) is 11.4 Å². The van der Waals surface area contributed by atoms with E-state index in [1.54, 1.807) is 6.33 Å². The molecule has 6 heteroatoms. The molecule has 0 aliphatic rings. The molecular formula is C11H14N4OS. The van der Waals surface area contributed by atoms with Crippen LogP contribution < -0.4 is 5.32 Å². The topological polar surface area (TPSA) is 59.8 Å². The number of nitrogens with zero attached hydrogens (tertiary/aromatic N) is 3. The standard InChI is InChI=1S/C11H14N4OS/c1-3-15-7-13-14-9(15)6-12-11(16)10-8(2)4-5-17-10/h4-5,7H,3,6H2,1-2H3,(H,12,16).